The smallest absolute Gasteiger partial charge is 0.213 e. The lowest BCUT2D eigenvalue weighted by atomic mass is 9.79. The third-order valence-corrected chi connectivity index (χ3v) is 10.7. The normalized spacial score (nSPS) is 16.6. The molecule has 43 heavy (non-hydrogen) atoms. The van der Waals surface area contributed by atoms with Crippen LogP contribution in [0.3, 0.4) is 0 Å². The van der Waals surface area contributed by atoms with Crippen molar-refractivity contribution in [2.45, 2.75) is 52.5 Å². The molecule has 2 atom stereocenters. The van der Waals surface area contributed by atoms with Crippen molar-refractivity contribution in [2.75, 3.05) is 14.1 Å². The van der Waals surface area contributed by atoms with Crippen LogP contribution in [-0.2, 0) is 6.42 Å². The van der Waals surface area contributed by atoms with Gasteiger partial charge in [0.2, 0.25) is 5.69 Å². The van der Waals surface area contributed by atoms with E-state index in [2.05, 4.69) is 137 Å². The van der Waals surface area contributed by atoms with Gasteiger partial charge in [-0.25, -0.2) is 0 Å². The first-order valence-electron chi connectivity index (χ1n) is 15.3. The van der Waals surface area contributed by atoms with Gasteiger partial charge in [-0.1, -0.05) is 43.0 Å². The van der Waals surface area contributed by atoms with Crippen molar-refractivity contribution in [3.8, 4) is 11.3 Å². The first-order valence-corrected chi connectivity index (χ1v) is 16.1. The Bertz CT molecular complexity index is 2090. The summed E-state index contributed by atoms with van der Waals surface area (Å²) in [5.74, 6) is 0.316. The third-order valence-electron chi connectivity index (χ3n) is 9.50. The molecule has 216 valence electrons. The zero-order valence-electron chi connectivity index (χ0n) is 26.0. The third kappa shape index (κ3) is 4.26. The molecule has 1 aliphatic rings. The van der Waals surface area contributed by atoms with Crippen molar-refractivity contribution < 1.29 is 8.98 Å². The Morgan fingerprint density at radius 2 is 1.74 bits per heavy atom. The van der Waals surface area contributed by atoms with Gasteiger partial charge in [0.15, 0.2) is 12.2 Å². The molecule has 7 rings (SSSR count). The summed E-state index contributed by atoms with van der Waals surface area (Å²) in [4.78, 5) is 3.57. The Morgan fingerprint density at radius 3 is 2.51 bits per heavy atom. The maximum Gasteiger partial charge on any atom is 0.213 e. The topological polar surface area (TPSA) is 20.3 Å². The van der Waals surface area contributed by atoms with Crippen molar-refractivity contribution >= 4 is 49.1 Å². The lowest BCUT2D eigenvalue weighted by Crippen LogP contribution is -2.46. The first kappa shape index (κ1) is 27.7. The second kappa shape index (κ2) is 10.5. The highest BCUT2D eigenvalue weighted by Gasteiger charge is 2.38. The van der Waals surface area contributed by atoms with Crippen LogP contribution in [0.15, 0.2) is 90.0 Å². The van der Waals surface area contributed by atoms with Gasteiger partial charge in [0, 0.05) is 68.3 Å². The molecule has 0 saturated heterocycles. The van der Waals surface area contributed by atoms with Crippen molar-refractivity contribution in [1.29, 1.82) is 0 Å². The summed E-state index contributed by atoms with van der Waals surface area (Å²) < 4.78 is 10.7. The number of pyridine rings is 1. The summed E-state index contributed by atoms with van der Waals surface area (Å²) in [5.41, 5.74) is 12.3. The summed E-state index contributed by atoms with van der Waals surface area (Å²) in [6.45, 7) is 13.1. The lowest BCUT2D eigenvalue weighted by molar-refractivity contribution is -0.707. The van der Waals surface area contributed by atoms with E-state index in [1.807, 2.05) is 11.3 Å². The summed E-state index contributed by atoms with van der Waals surface area (Å²) >= 11 is 1.85. The molecule has 0 radical (unpaired) electrons. The second-order valence-corrected chi connectivity index (χ2v) is 13.5. The van der Waals surface area contributed by atoms with Crippen LogP contribution in [0.5, 0.6) is 0 Å². The van der Waals surface area contributed by atoms with Crippen LogP contribution in [0, 0.1) is 20.8 Å². The Hall–Kier alpha value is -4.15. The highest BCUT2D eigenvalue weighted by molar-refractivity contribution is 7.19. The van der Waals surface area contributed by atoms with Crippen molar-refractivity contribution in [3.63, 3.8) is 0 Å². The minimum Gasteiger partial charge on any atom is -0.455 e. The van der Waals surface area contributed by atoms with E-state index in [4.69, 9.17) is 4.42 Å². The zero-order chi connectivity index (χ0) is 30.0. The predicted octanol–water partition coefficient (Wildman–Crippen LogP) is 10.1. The van der Waals surface area contributed by atoms with Gasteiger partial charge >= 0.3 is 0 Å². The van der Waals surface area contributed by atoms with Crippen LogP contribution in [-0.4, -0.2) is 19.0 Å². The highest BCUT2D eigenvalue weighted by atomic mass is 32.1. The number of benzene rings is 3. The maximum absolute atomic E-state index is 6.93. The van der Waals surface area contributed by atoms with Gasteiger partial charge in [-0.3, -0.25) is 0 Å². The van der Waals surface area contributed by atoms with Gasteiger partial charge in [0.1, 0.15) is 11.2 Å². The predicted molar refractivity (Wildman–Crippen MR) is 183 cm³/mol. The molecule has 1 aliphatic heterocycles. The molecule has 2 unspecified atom stereocenters. The van der Waals surface area contributed by atoms with Crippen LogP contribution in [0.1, 0.15) is 58.0 Å². The summed E-state index contributed by atoms with van der Waals surface area (Å²) in [6.07, 6.45) is 8.59. The molecule has 6 aromatic rings. The molecule has 3 aromatic carbocycles. The van der Waals surface area contributed by atoms with E-state index in [1.165, 1.54) is 70.5 Å². The minimum absolute atomic E-state index is 0.191. The van der Waals surface area contributed by atoms with Crippen LogP contribution in [0.2, 0.25) is 0 Å². The number of fused-ring (bicyclic) bond motifs is 8. The average molecular weight is 584 g/mol. The van der Waals surface area contributed by atoms with E-state index in [0.29, 0.717) is 5.92 Å². The quantitative estimate of drug-likeness (QED) is 0.144. The first-order chi connectivity index (χ1) is 20.8. The van der Waals surface area contributed by atoms with E-state index >= 15 is 0 Å². The molecule has 3 nitrogen and oxygen atoms in total. The molecule has 0 amide bonds. The zero-order valence-corrected chi connectivity index (χ0v) is 26.8. The fourth-order valence-electron chi connectivity index (χ4n) is 7.35. The lowest BCUT2D eigenvalue weighted by Gasteiger charge is -2.29. The van der Waals surface area contributed by atoms with Gasteiger partial charge < -0.3 is 9.32 Å². The fraction of sp³-hybridized carbons (Fsp3) is 0.256. The second-order valence-electron chi connectivity index (χ2n) is 12.2. The van der Waals surface area contributed by atoms with Crippen LogP contribution in [0.25, 0.3) is 49.0 Å². The Morgan fingerprint density at radius 1 is 0.977 bits per heavy atom. The van der Waals surface area contributed by atoms with E-state index in [-0.39, 0.29) is 6.04 Å². The fourth-order valence-corrected chi connectivity index (χ4v) is 8.42. The number of hydrogen-bond donors (Lipinski definition) is 0. The summed E-state index contributed by atoms with van der Waals surface area (Å²) in [6, 6.07) is 22.7. The largest absolute Gasteiger partial charge is 0.455 e. The molecular formula is C39H39N2OS+. The Balaban J connectivity index is 1.38. The molecule has 4 heteroatoms. The van der Waals surface area contributed by atoms with Crippen LogP contribution >= 0.6 is 11.3 Å². The van der Waals surface area contributed by atoms with Gasteiger partial charge in [-0.2, -0.15) is 4.57 Å². The SMILES string of the molecule is C=CC1C(CCc2ccc3c(oc4c3ccc3sc(C)c(C)c34)c2/C(=C/C)N(C)C)c2ccccc2-c2ccc(C)c[n+]21. The molecule has 0 spiro atoms. The number of hydrogen-bond acceptors (Lipinski definition) is 3. The number of thiophene rings is 1. The van der Waals surface area contributed by atoms with Gasteiger partial charge in [-0.05, 0) is 87.6 Å². The van der Waals surface area contributed by atoms with E-state index < -0.39 is 0 Å². The van der Waals surface area contributed by atoms with Gasteiger partial charge in [-0.15, -0.1) is 11.3 Å². The number of aryl methyl sites for hydroxylation is 4. The summed E-state index contributed by atoms with van der Waals surface area (Å²) in [5, 5.41) is 3.64. The summed E-state index contributed by atoms with van der Waals surface area (Å²) in [7, 11) is 4.26. The van der Waals surface area contributed by atoms with Gasteiger partial charge in [0.25, 0.3) is 0 Å². The molecule has 4 heterocycles. The average Bonchev–Trinajstić information content (AvgIpc) is 3.52. The standard InChI is InChI=1S/C39H39N2OS/c1-8-32-29(27-12-10-11-13-28(27)34-20-14-23(3)22-41(32)34)17-15-26-16-18-30-31-19-21-35-36(24(4)25(5)43-35)38(31)42-39(30)37(26)33(9-2)40(6)7/h8-14,16,18-22,29,32H,1,15,17H2,2-7H3/q+1/b33-9-. The van der Waals surface area contributed by atoms with Crippen molar-refractivity contribution in [1.82, 2.24) is 4.90 Å². The Labute approximate surface area is 258 Å². The number of furan rings is 1. The van der Waals surface area contributed by atoms with E-state index in [9.17, 15) is 0 Å². The van der Waals surface area contributed by atoms with Crippen LogP contribution < -0.4 is 4.57 Å². The maximum atomic E-state index is 6.93. The molecule has 0 aliphatic carbocycles. The number of aromatic nitrogens is 1. The molecule has 0 N–H and O–H groups in total. The number of rotatable bonds is 6. The minimum atomic E-state index is 0.191. The monoisotopic (exact) mass is 583 g/mol. The van der Waals surface area contributed by atoms with Crippen molar-refractivity contribution in [2.24, 2.45) is 0 Å². The molecule has 0 saturated carbocycles. The van der Waals surface area contributed by atoms with E-state index in [0.717, 1.165) is 24.0 Å². The Kier molecular flexibility index (Phi) is 6.78. The molecular weight excluding hydrogens is 545 g/mol. The molecule has 0 fully saturated rings. The number of nitrogens with zero attached hydrogens (tertiary/aromatic N) is 2. The molecule has 3 aromatic heterocycles. The van der Waals surface area contributed by atoms with E-state index in [1.54, 1.807) is 0 Å². The molecule has 0 bridgehead atoms. The highest BCUT2D eigenvalue weighted by Crippen LogP contribution is 2.45. The van der Waals surface area contributed by atoms with Crippen molar-refractivity contribution in [3.05, 3.63) is 118 Å². The van der Waals surface area contributed by atoms with Crippen LogP contribution in [0.4, 0.5) is 0 Å². The van der Waals surface area contributed by atoms with Gasteiger partial charge in [0.05, 0.1) is 5.92 Å². The number of allylic oxidation sites excluding steroid dienone is 2.